The van der Waals surface area contributed by atoms with Gasteiger partial charge in [0.05, 0.1) is 17.5 Å². The molecule has 0 bridgehead atoms. The molecule has 124 valence electrons. The summed E-state index contributed by atoms with van der Waals surface area (Å²) in [5, 5.41) is 23.0. The summed E-state index contributed by atoms with van der Waals surface area (Å²) in [6.45, 7) is 0. The van der Waals surface area contributed by atoms with Crippen LogP contribution in [0.2, 0.25) is 0 Å². The number of thiazole rings is 1. The predicted octanol–water partition coefficient (Wildman–Crippen LogP) is 4.01. The molecule has 9 heteroatoms. The molecule has 1 heterocycles. The van der Waals surface area contributed by atoms with Gasteiger partial charge >= 0.3 is 0 Å². The summed E-state index contributed by atoms with van der Waals surface area (Å²) in [5.74, 6) is 0.0266. The number of hydrogen-bond acceptors (Lipinski definition) is 7. The molecule has 0 atom stereocenters. The highest BCUT2D eigenvalue weighted by molar-refractivity contribution is 9.10. The standard InChI is InChI=1S/C15H11BrN3O4S/c1-23-11-6-10(19(21)22)7-12-13(11)17-15(24-12)18-14(20)8-3-2-4-9(16)5-8/h2-7,21H,1H3,(H,17,18,20)/q-1. The van der Waals surface area contributed by atoms with Crippen LogP contribution in [0, 0.1) is 5.21 Å². The van der Waals surface area contributed by atoms with Crippen LogP contribution in [0.5, 0.6) is 5.75 Å². The van der Waals surface area contributed by atoms with E-state index in [1.54, 1.807) is 18.2 Å². The van der Waals surface area contributed by atoms with Crippen LogP contribution < -0.4 is 15.3 Å². The monoisotopic (exact) mass is 408 g/mol. The van der Waals surface area contributed by atoms with Crippen molar-refractivity contribution in [2.45, 2.75) is 0 Å². The second-order valence-corrected chi connectivity index (χ2v) is 6.70. The molecule has 0 radical (unpaired) electrons. The summed E-state index contributed by atoms with van der Waals surface area (Å²) in [6.07, 6.45) is 0. The molecular formula is C15H11BrN3O4S-. The van der Waals surface area contributed by atoms with E-state index in [1.165, 1.54) is 30.6 Å². The topological polar surface area (TPSA) is 97.8 Å². The van der Waals surface area contributed by atoms with E-state index in [0.29, 0.717) is 26.7 Å². The van der Waals surface area contributed by atoms with E-state index >= 15 is 0 Å². The highest BCUT2D eigenvalue weighted by Crippen LogP contribution is 2.36. The van der Waals surface area contributed by atoms with Crippen molar-refractivity contribution >= 4 is 54.2 Å². The number of ether oxygens (including phenoxy) is 1. The van der Waals surface area contributed by atoms with Gasteiger partial charge in [-0.25, -0.2) is 4.98 Å². The number of carbonyl (C=O) groups is 1. The Bertz CT molecular complexity index is 913. The Hall–Kier alpha value is -2.20. The number of methoxy groups -OCH3 is 1. The summed E-state index contributed by atoms with van der Waals surface area (Å²) in [5.41, 5.74) is 1.00. The van der Waals surface area contributed by atoms with Crippen molar-refractivity contribution < 1.29 is 14.7 Å². The zero-order chi connectivity index (χ0) is 17.3. The zero-order valence-corrected chi connectivity index (χ0v) is 14.7. The number of carbonyl (C=O) groups excluding carboxylic acids is 1. The molecule has 0 unspecified atom stereocenters. The Balaban J connectivity index is 1.94. The molecule has 1 amide bonds. The third-order valence-electron chi connectivity index (χ3n) is 3.19. The van der Waals surface area contributed by atoms with Crippen molar-refractivity contribution in [3.8, 4) is 5.75 Å². The van der Waals surface area contributed by atoms with E-state index in [1.807, 2.05) is 6.07 Å². The van der Waals surface area contributed by atoms with Gasteiger partial charge in [-0.05, 0) is 24.3 Å². The van der Waals surface area contributed by atoms with Gasteiger partial charge in [0.25, 0.3) is 5.91 Å². The lowest BCUT2D eigenvalue weighted by Gasteiger charge is -2.21. The lowest BCUT2D eigenvalue weighted by Crippen LogP contribution is -2.11. The highest BCUT2D eigenvalue weighted by atomic mass is 79.9. The minimum absolute atomic E-state index is 0.0212. The first-order valence-electron chi connectivity index (χ1n) is 6.69. The molecule has 3 aromatic rings. The fourth-order valence-corrected chi connectivity index (χ4v) is 3.41. The Labute approximate surface area is 149 Å². The maximum atomic E-state index is 12.3. The molecular weight excluding hydrogens is 398 g/mol. The normalized spacial score (nSPS) is 10.7. The number of amides is 1. The van der Waals surface area contributed by atoms with Crippen molar-refractivity contribution in [2.24, 2.45) is 0 Å². The zero-order valence-electron chi connectivity index (χ0n) is 12.3. The average molecular weight is 409 g/mol. The molecule has 2 aromatic carbocycles. The molecule has 0 aliphatic carbocycles. The van der Waals surface area contributed by atoms with Gasteiger partial charge in [-0.2, -0.15) is 0 Å². The second-order valence-electron chi connectivity index (χ2n) is 4.75. The van der Waals surface area contributed by atoms with Crippen molar-refractivity contribution in [3.05, 3.63) is 51.6 Å². The molecule has 0 fully saturated rings. The van der Waals surface area contributed by atoms with Gasteiger partial charge in [0.2, 0.25) is 0 Å². The minimum Gasteiger partial charge on any atom is -0.733 e. The van der Waals surface area contributed by atoms with Crippen molar-refractivity contribution in [3.63, 3.8) is 0 Å². The molecule has 24 heavy (non-hydrogen) atoms. The maximum Gasteiger partial charge on any atom is 0.257 e. The molecule has 0 saturated heterocycles. The number of hydrogen-bond donors (Lipinski definition) is 2. The van der Waals surface area contributed by atoms with Gasteiger partial charge in [0, 0.05) is 16.1 Å². The van der Waals surface area contributed by atoms with E-state index in [4.69, 9.17) is 9.94 Å². The number of nitrogens with one attached hydrogen (secondary N) is 1. The summed E-state index contributed by atoms with van der Waals surface area (Å²) in [6, 6.07) is 9.81. The van der Waals surface area contributed by atoms with Crippen LogP contribution in [0.4, 0.5) is 10.8 Å². The number of halogens is 1. The van der Waals surface area contributed by atoms with Gasteiger partial charge in [-0.1, -0.05) is 33.3 Å². The number of fused-ring (bicyclic) bond motifs is 1. The van der Waals surface area contributed by atoms with Gasteiger partial charge in [-0.3, -0.25) is 15.3 Å². The Morgan fingerprint density at radius 3 is 2.88 bits per heavy atom. The van der Waals surface area contributed by atoms with Crippen LogP contribution in [0.3, 0.4) is 0 Å². The van der Waals surface area contributed by atoms with Gasteiger partial charge in [0.15, 0.2) is 5.13 Å². The van der Waals surface area contributed by atoms with E-state index in [2.05, 4.69) is 26.2 Å². The molecule has 1 aromatic heterocycles. The predicted molar refractivity (Wildman–Crippen MR) is 95.9 cm³/mol. The number of benzene rings is 2. The number of aromatic nitrogens is 1. The Morgan fingerprint density at radius 1 is 1.42 bits per heavy atom. The SMILES string of the molecule is COc1cc(N([O-])O)cc2sc(NC(=O)c3cccc(Br)c3)nc12. The maximum absolute atomic E-state index is 12.3. The molecule has 2 N–H and O–H groups in total. The van der Waals surface area contributed by atoms with Gasteiger partial charge < -0.3 is 15.2 Å². The summed E-state index contributed by atoms with van der Waals surface area (Å²) in [4.78, 5) is 16.6. The summed E-state index contributed by atoms with van der Waals surface area (Å²) >= 11 is 4.49. The third-order valence-corrected chi connectivity index (χ3v) is 4.60. The third kappa shape index (κ3) is 3.34. The fourth-order valence-electron chi connectivity index (χ4n) is 2.10. The Kier molecular flexibility index (Phi) is 4.67. The van der Waals surface area contributed by atoms with E-state index in [0.717, 1.165) is 4.47 Å². The van der Waals surface area contributed by atoms with Crippen molar-refractivity contribution in [1.29, 1.82) is 0 Å². The number of rotatable bonds is 4. The minimum atomic E-state index is -0.304. The highest BCUT2D eigenvalue weighted by Gasteiger charge is 2.14. The molecule has 3 rings (SSSR count). The summed E-state index contributed by atoms with van der Waals surface area (Å²) in [7, 11) is 1.43. The number of anilines is 2. The quantitative estimate of drug-likeness (QED) is 0.632. The van der Waals surface area contributed by atoms with E-state index in [9.17, 15) is 10.0 Å². The molecule has 0 spiro atoms. The molecule has 0 saturated carbocycles. The van der Waals surface area contributed by atoms with Crippen molar-refractivity contribution in [2.75, 3.05) is 17.7 Å². The van der Waals surface area contributed by atoms with Crippen LogP contribution in [0.25, 0.3) is 10.2 Å². The lowest BCUT2D eigenvalue weighted by molar-refractivity contribution is 0.102. The fraction of sp³-hybridized carbons (Fsp3) is 0.0667. The van der Waals surface area contributed by atoms with Crippen molar-refractivity contribution in [1.82, 2.24) is 4.98 Å². The van der Waals surface area contributed by atoms with E-state index < -0.39 is 0 Å². The largest absolute Gasteiger partial charge is 0.733 e. The Morgan fingerprint density at radius 2 is 2.21 bits per heavy atom. The average Bonchev–Trinajstić information content (AvgIpc) is 2.96. The number of nitrogens with zero attached hydrogens (tertiary/aromatic N) is 2. The van der Waals surface area contributed by atoms with Crippen LogP contribution in [0.15, 0.2) is 40.9 Å². The first-order chi connectivity index (χ1) is 11.5. The molecule has 7 nitrogen and oxygen atoms in total. The van der Waals surface area contributed by atoms with Crippen LogP contribution in [-0.2, 0) is 0 Å². The van der Waals surface area contributed by atoms with Gasteiger partial charge in [-0.15, -0.1) is 0 Å². The molecule has 0 aliphatic rings. The smallest absolute Gasteiger partial charge is 0.257 e. The van der Waals surface area contributed by atoms with Crippen LogP contribution in [0.1, 0.15) is 10.4 Å². The molecule has 0 aliphatic heterocycles. The van der Waals surface area contributed by atoms with Gasteiger partial charge in [0.1, 0.15) is 11.3 Å². The lowest BCUT2D eigenvalue weighted by atomic mass is 10.2. The van der Waals surface area contributed by atoms with Crippen LogP contribution >= 0.6 is 27.3 Å². The van der Waals surface area contributed by atoms with Crippen LogP contribution in [-0.4, -0.2) is 23.2 Å². The first kappa shape index (κ1) is 16.7. The summed E-state index contributed by atoms with van der Waals surface area (Å²) < 4.78 is 6.58. The van der Waals surface area contributed by atoms with E-state index in [-0.39, 0.29) is 16.8 Å². The first-order valence-corrected chi connectivity index (χ1v) is 8.30. The second kappa shape index (κ2) is 6.73.